The molecule has 2 aliphatic heterocycles. The Balaban J connectivity index is 1.95. The van der Waals surface area contributed by atoms with E-state index in [1.807, 2.05) is 6.21 Å². The van der Waals surface area contributed by atoms with Gasteiger partial charge in [0, 0.05) is 18.7 Å². The van der Waals surface area contributed by atoms with Crippen LogP contribution in [0.25, 0.3) is 0 Å². The minimum Gasteiger partial charge on any atom is -0.381 e. The van der Waals surface area contributed by atoms with E-state index in [4.69, 9.17) is 4.74 Å². The van der Waals surface area contributed by atoms with Crippen molar-refractivity contribution in [2.75, 3.05) is 13.2 Å². The average molecular weight is 215 g/mol. The van der Waals surface area contributed by atoms with Crippen molar-refractivity contribution in [3.05, 3.63) is 34.4 Å². The molecule has 0 N–H and O–H groups in total. The lowest BCUT2D eigenvalue weighted by Crippen LogP contribution is -2.16. The molecule has 0 radical (unpaired) electrons. The summed E-state index contributed by atoms with van der Waals surface area (Å²) in [5.41, 5.74) is 5.55. The van der Waals surface area contributed by atoms with Gasteiger partial charge in [-0.2, -0.15) is 0 Å². The molecule has 0 saturated carbocycles. The molecule has 16 heavy (non-hydrogen) atoms. The summed E-state index contributed by atoms with van der Waals surface area (Å²) >= 11 is 0. The van der Waals surface area contributed by atoms with Gasteiger partial charge in [0.05, 0.1) is 13.2 Å². The van der Waals surface area contributed by atoms with E-state index >= 15 is 0 Å². The van der Waals surface area contributed by atoms with Crippen molar-refractivity contribution in [2.45, 2.75) is 32.2 Å². The highest BCUT2D eigenvalue weighted by Gasteiger charge is 2.19. The van der Waals surface area contributed by atoms with Crippen LogP contribution in [0.1, 0.15) is 41.0 Å². The Hall–Kier alpha value is -1.15. The van der Waals surface area contributed by atoms with Crippen molar-refractivity contribution >= 4 is 6.21 Å². The number of nitrogens with zero attached hydrogens (tertiary/aromatic N) is 1. The van der Waals surface area contributed by atoms with E-state index in [0.717, 1.165) is 19.8 Å². The normalized spacial score (nSPS) is 23.4. The maximum Gasteiger partial charge on any atom is 0.0646 e. The Morgan fingerprint density at radius 2 is 2.31 bits per heavy atom. The smallest absolute Gasteiger partial charge is 0.0646 e. The largest absolute Gasteiger partial charge is 0.381 e. The van der Waals surface area contributed by atoms with Gasteiger partial charge in [-0.05, 0) is 48.1 Å². The molecule has 84 valence electrons. The summed E-state index contributed by atoms with van der Waals surface area (Å²) in [6.45, 7) is 4.89. The van der Waals surface area contributed by atoms with Crippen LogP contribution in [0.4, 0.5) is 0 Å². The molecule has 2 heterocycles. The second-order valence-corrected chi connectivity index (χ2v) is 4.79. The Morgan fingerprint density at radius 1 is 1.38 bits per heavy atom. The molecule has 1 aromatic carbocycles. The predicted molar refractivity (Wildman–Crippen MR) is 65.3 cm³/mol. The second kappa shape index (κ2) is 4.02. The standard InChI is InChI=1S/C14H17NO/c1-10-5-12-7-15-8-13(12)6-14(10)11-3-2-4-16-9-11/h5-7,11H,2-4,8-9H2,1H3. The summed E-state index contributed by atoms with van der Waals surface area (Å²) in [7, 11) is 0. The summed E-state index contributed by atoms with van der Waals surface area (Å²) < 4.78 is 5.58. The molecule has 0 aliphatic carbocycles. The number of aliphatic imine (C=N–C) groups is 1. The highest BCUT2D eigenvalue weighted by atomic mass is 16.5. The summed E-state index contributed by atoms with van der Waals surface area (Å²) in [6, 6.07) is 4.62. The molecule has 0 aromatic heterocycles. The molecule has 2 aliphatic rings. The van der Waals surface area contributed by atoms with Crippen molar-refractivity contribution in [1.29, 1.82) is 0 Å². The first-order valence-corrected chi connectivity index (χ1v) is 6.05. The van der Waals surface area contributed by atoms with Crippen molar-refractivity contribution in [1.82, 2.24) is 0 Å². The average Bonchev–Trinajstić information content (AvgIpc) is 2.76. The number of hydrogen-bond donors (Lipinski definition) is 0. The molecule has 1 aromatic rings. The highest BCUT2D eigenvalue weighted by molar-refractivity contribution is 5.85. The summed E-state index contributed by atoms with van der Waals surface area (Å²) in [4.78, 5) is 4.32. The van der Waals surface area contributed by atoms with Crippen LogP contribution < -0.4 is 0 Å². The molecule has 0 bridgehead atoms. The van der Waals surface area contributed by atoms with Gasteiger partial charge in [0.25, 0.3) is 0 Å². The van der Waals surface area contributed by atoms with E-state index in [2.05, 4.69) is 24.0 Å². The third kappa shape index (κ3) is 1.67. The van der Waals surface area contributed by atoms with Gasteiger partial charge in [-0.3, -0.25) is 4.99 Å². The number of benzene rings is 1. The van der Waals surface area contributed by atoms with Crippen molar-refractivity contribution in [2.24, 2.45) is 4.99 Å². The van der Waals surface area contributed by atoms with E-state index in [1.165, 1.54) is 35.1 Å². The minimum absolute atomic E-state index is 0.597. The molecular formula is C14H17NO. The molecule has 1 fully saturated rings. The van der Waals surface area contributed by atoms with Gasteiger partial charge >= 0.3 is 0 Å². The third-order valence-corrected chi connectivity index (χ3v) is 3.62. The van der Waals surface area contributed by atoms with E-state index in [0.29, 0.717) is 5.92 Å². The van der Waals surface area contributed by atoms with Crippen LogP contribution in [0, 0.1) is 6.92 Å². The zero-order valence-corrected chi connectivity index (χ0v) is 9.70. The first-order valence-electron chi connectivity index (χ1n) is 6.05. The van der Waals surface area contributed by atoms with Gasteiger partial charge in [0.2, 0.25) is 0 Å². The number of rotatable bonds is 1. The van der Waals surface area contributed by atoms with Crippen LogP contribution in [0.2, 0.25) is 0 Å². The van der Waals surface area contributed by atoms with Gasteiger partial charge in [-0.25, -0.2) is 0 Å². The Bertz CT molecular complexity index is 431. The molecule has 0 spiro atoms. The van der Waals surface area contributed by atoms with E-state index in [9.17, 15) is 0 Å². The molecule has 1 saturated heterocycles. The summed E-state index contributed by atoms with van der Waals surface area (Å²) in [5.74, 6) is 0.597. The molecule has 2 nitrogen and oxygen atoms in total. The molecule has 2 heteroatoms. The molecule has 3 rings (SSSR count). The lowest BCUT2D eigenvalue weighted by molar-refractivity contribution is 0.0802. The first-order chi connectivity index (χ1) is 7.84. The van der Waals surface area contributed by atoms with Gasteiger partial charge in [0.1, 0.15) is 0 Å². The van der Waals surface area contributed by atoms with Crippen molar-refractivity contribution < 1.29 is 4.74 Å². The number of aryl methyl sites for hydroxylation is 1. The monoisotopic (exact) mass is 215 g/mol. The Morgan fingerprint density at radius 3 is 3.12 bits per heavy atom. The van der Waals surface area contributed by atoms with E-state index in [-0.39, 0.29) is 0 Å². The summed E-state index contributed by atoms with van der Waals surface area (Å²) in [5, 5.41) is 0. The number of hydrogen-bond acceptors (Lipinski definition) is 2. The fourth-order valence-electron chi connectivity index (χ4n) is 2.72. The van der Waals surface area contributed by atoms with Crippen LogP contribution in [0.3, 0.4) is 0 Å². The topological polar surface area (TPSA) is 21.6 Å². The van der Waals surface area contributed by atoms with Gasteiger partial charge in [-0.15, -0.1) is 0 Å². The van der Waals surface area contributed by atoms with Gasteiger partial charge in [0.15, 0.2) is 0 Å². The van der Waals surface area contributed by atoms with Crippen LogP contribution >= 0.6 is 0 Å². The number of fused-ring (bicyclic) bond motifs is 1. The lowest BCUT2D eigenvalue weighted by atomic mass is 9.88. The first kappa shape index (κ1) is 10.0. The second-order valence-electron chi connectivity index (χ2n) is 4.79. The SMILES string of the molecule is Cc1cc2c(cc1C1CCCOC1)CN=C2. The third-order valence-electron chi connectivity index (χ3n) is 3.62. The predicted octanol–water partition coefficient (Wildman–Crippen LogP) is 2.82. The maximum absolute atomic E-state index is 5.58. The zero-order valence-electron chi connectivity index (χ0n) is 9.70. The minimum atomic E-state index is 0.597. The lowest BCUT2D eigenvalue weighted by Gasteiger charge is -2.24. The number of ether oxygens (including phenoxy) is 1. The van der Waals surface area contributed by atoms with Gasteiger partial charge < -0.3 is 4.74 Å². The highest BCUT2D eigenvalue weighted by Crippen LogP contribution is 2.30. The molecule has 0 amide bonds. The van der Waals surface area contributed by atoms with E-state index in [1.54, 1.807) is 0 Å². The van der Waals surface area contributed by atoms with Crippen LogP contribution in [0.15, 0.2) is 17.1 Å². The van der Waals surface area contributed by atoms with Crippen molar-refractivity contribution in [3.8, 4) is 0 Å². The molecule has 1 atom stereocenters. The Kier molecular flexibility index (Phi) is 2.52. The van der Waals surface area contributed by atoms with Crippen molar-refractivity contribution in [3.63, 3.8) is 0 Å². The molecular weight excluding hydrogens is 198 g/mol. The Labute approximate surface area is 96.3 Å². The van der Waals surface area contributed by atoms with Crippen LogP contribution in [-0.4, -0.2) is 19.4 Å². The summed E-state index contributed by atoms with van der Waals surface area (Å²) in [6.07, 6.45) is 4.45. The maximum atomic E-state index is 5.58. The quantitative estimate of drug-likeness (QED) is 0.706. The fourth-order valence-corrected chi connectivity index (χ4v) is 2.72. The molecule has 1 unspecified atom stereocenters. The zero-order chi connectivity index (χ0) is 11.0. The van der Waals surface area contributed by atoms with Gasteiger partial charge in [-0.1, -0.05) is 6.07 Å². The van der Waals surface area contributed by atoms with Crippen LogP contribution in [0.5, 0.6) is 0 Å². The fraction of sp³-hybridized carbons (Fsp3) is 0.500. The van der Waals surface area contributed by atoms with E-state index < -0.39 is 0 Å². The van der Waals surface area contributed by atoms with Crippen LogP contribution in [-0.2, 0) is 11.3 Å².